The molecule has 0 amide bonds. The van der Waals surface area contributed by atoms with Gasteiger partial charge in [-0.15, -0.1) is 0 Å². The van der Waals surface area contributed by atoms with Crippen LogP contribution in [-0.4, -0.2) is 31.9 Å². The Morgan fingerprint density at radius 1 is 0.679 bits per heavy atom. The molecule has 0 aliphatic heterocycles. The monoisotopic (exact) mass is 386 g/mol. The van der Waals surface area contributed by atoms with E-state index < -0.39 is 17.7 Å². The minimum atomic E-state index is -0.973. The maximum absolute atomic E-state index is 11.8. The lowest BCUT2D eigenvalue weighted by Crippen LogP contribution is -2.18. The summed E-state index contributed by atoms with van der Waals surface area (Å²) in [5, 5.41) is 0. The van der Waals surface area contributed by atoms with Gasteiger partial charge in [0, 0.05) is 6.42 Å². The summed E-state index contributed by atoms with van der Waals surface area (Å²) in [5.74, 6) is -0.922. The summed E-state index contributed by atoms with van der Waals surface area (Å²) in [6, 6.07) is 14.0. The zero-order chi connectivity index (χ0) is 20.4. The molecule has 2 aromatic carbocycles. The molecule has 0 unspecified atom stereocenters. The first-order valence-electron chi connectivity index (χ1n) is 8.63. The van der Waals surface area contributed by atoms with Gasteiger partial charge < -0.3 is 18.9 Å². The second-order valence-electron chi connectivity index (χ2n) is 5.86. The summed E-state index contributed by atoms with van der Waals surface area (Å²) in [5.41, 5.74) is 1.51. The zero-order valence-corrected chi connectivity index (χ0v) is 15.8. The van der Waals surface area contributed by atoms with E-state index in [0.29, 0.717) is 11.5 Å². The molecule has 0 radical (unpaired) electrons. The molecule has 28 heavy (non-hydrogen) atoms. The van der Waals surface area contributed by atoms with E-state index in [4.69, 9.17) is 18.9 Å². The highest BCUT2D eigenvalue weighted by atomic mass is 16.5. The Hall–Kier alpha value is -3.35. The van der Waals surface area contributed by atoms with E-state index >= 15 is 0 Å². The molecule has 0 spiro atoms. The van der Waals surface area contributed by atoms with Crippen molar-refractivity contribution in [3.8, 4) is 11.5 Å². The predicted molar refractivity (Wildman–Crippen MR) is 99.8 cm³/mol. The molecular weight excluding hydrogens is 364 g/mol. The molecule has 0 aliphatic carbocycles. The normalized spacial score (nSPS) is 10.1. The number of hydrogen-bond donors (Lipinski definition) is 0. The van der Waals surface area contributed by atoms with E-state index in [1.165, 1.54) is 0 Å². The third-order valence-corrected chi connectivity index (χ3v) is 3.87. The van der Waals surface area contributed by atoms with Gasteiger partial charge in [0.1, 0.15) is 24.7 Å². The van der Waals surface area contributed by atoms with Gasteiger partial charge in [-0.1, -0.05) is 24.3 Å². The Bertz CT molecular complexity index is 795. The molecule has 0 saturated heterocycles. The standard InChI is InChI=1S/C21H22O7/c1-25-17-7-3-15(4-8-17)13-27-20(23)12-11-19(22)21(24)28-14-16-5-9-18(26-2)10-6-16/h3-10H,11-14H2,1-2H3. The van der Waals surface area contributed by atoms with Crippen LogP contribution in [0.15, 0.2) is 48.5 Å². The fourth-order valence-electron chi connectivity index (χ4n) is 2.23. The second kappa shape index (κ2) is 10.7. The van der Waals surface area contributed by atoms with Crippen molar-refractivity contribution in [1.82, 2.24) is 0 Å². The summed E-state index contributed by atoms with van der Waals surface area (Å²) < 4.78 is 20.1. The van der Waals surface area contributed by atoms with Crippen LogP contribution >= 0.6 is 0 Å². The van der Waals surface area contributed by atoms with E-state index in [1.807, 2.05) is 0 Å². The van der Waals surface area contributed by atoms with Gasteiger partial charge >= 0.3 is 11.9 Å². The molecule has 0 aliphatic rings. The molecule has 2 rings (SSSR count). The average molecular weight is 386 g/mol. The molecule has 0 aromatic heterocycles. The summed E-state index contributed by atoms with van der Waals surface area (Å²) in [4.78, 5) is 35.3. The Morgan fingerprint density at radius 3 is 1.61 bits per heavy atom. The average Bonchev–Trinajstić information content (AvgIpc) is 2.74. The summed E-state index contributed by atoms with van der Waals surface area (Å²) in [6.07, 6.45) is -0.449. The SMILES string of the molecule is COc1ccc(COC(=O)CCC(=O)C(=O)OCc2ccc(OC)cc2)cc1. The summed E-state index contributed by atoms with van der Waals surface area (Å²) in [6.45, 7) is 0.0510. The van der Waals surface area contributed by atoms with Crippen molar-refractivity contribution < 1.29 is 33.3 Å². The fraction of sp³-hybridized carbons (Fsp3) is 0.286. The van der Waals surface area contributed by atoms with Gasteiger partial charge in [0.2, 0.25) is 5.78 Å². The van der Waals surface area contributed by atoms with E-state index in [-0.39, 0.29) is 26.1 Å². The number of Topliss-reactive ketones (excluding diaryl/α,β-unsaturated/α-hetero) is 1. The second-order valence-corrected chi connectivity index (χ2v) is 5.86. The lowest BCUT2D eigenvalue weighted by molar-refractivity contribution is -0.155. The molecular formula is C21H22O7. The van der Waals surface area contributed by atoms with Gasteiger partial charge in [-0.25, -0.2) is 4.79 Å². The van der Waals surface area contributed by atoms with Crippen LogP contribution in [0.5, 0.6) is 11.5 Å². The Labute approximate surface area is 163 Å². The van der Waals surface area contributed by atoms with Crippen molar-refractivity contribution in [2.75, 3.05) is 14.2 Å². The molecule has 7 nitrogen and oxygen atoms in total. The molecule has 0 bridgehead atoms. The van der Waals surface area contributed by atoms with E-state index in [0.717, 1.165) is 11.1 Å². The van der Waals surface area contributed by atoms with Crippen LogP contribution in [0.1, 0.15) is 24.0 Å². The number of esters is 2. The number of carbonyl (C=O) groups excluding carboxylic acids is 3. The first-order valence-corrected chi connectivity index (χ1v) is 8.63. The van der Waals surface area contributed by atoms with Crippen LogP contribution in [0.25, 0.3) is 0 Å². The Morgan fingerprint density at radius 2 is 1.14 bits per heavy atom. The predicted octanol–water partition coefficient (Wildman–Crippen LogP) is 2.84. The lowest BCUT2D eigenvalue weighted by atomic mass is 10.2. The number of carbonyl (C=O) groups is 3. The maximum Gasteiger partial charge on any atom is 0.374 e. The first kappa shape index (κ1) is 21.0. The minimum absolute atomic E-state index is 0.0313. The molecule has 7 heteroatoms. The van der Waals surface area contributed by atoms with Crippen LogP contribution in [-0.2, 0) is 37.1 Å². The van der Waals surface area contributed by atoms with E-state index in [2.05, 4.69) is 0 Å². The number of rotatable bonds is 10. The highest BCUT2D eigenvalue weighted by Gasteiger charge is 2.17. The van der Waals surface area contributed by atoms with Crippen molar-refractivity contribution in [2.24, 2.45) is 0 Å². The largest absolute Gasteiger partial charge is 0.497 e. The third kappa shape index (κ3) is 6.75. The van der Waals surface area contributed by atoms with Gasteiger partial charge in [0.25, 0.3) is 0 Å². The van der Waals surface area contributed by atoms with E-state index in [1.54, 1.807) is 62.8 Å². The van der Waals surface area contributed by atoms with Crippen molar-refractivity contribution in [3.63, 3.8) is 0 Å². The van der Waals surface area contributed by atoms with Crippen LogP contribution in [0.3, 0.4) is 0 Å². The highest BCUT2D eigenvalue weighted by Crippen LogP contribution is 2.13. The van der Waals surface area contributed by atoms with Crippen molar-refractivity contribution in [1.29, 1.82) is 0 Å². The van der Waals surface area contributed by atoms with Gasteiger partial charge in [-0.05, 0) is 35.4 Å². The van der Waals surface area contributed by atoms with Crippen LogP contribution < -0.4 is 9.47 Å². The van der Waals surface area contributed by atoms with Crippen molar-refractivity contribution in [2.45, 2.75) is 26.1 Å². The maximum atomic E-state index is 11.8. The van der Waals surface area contributed by atoms with Gasteiger partial charge in [-0.3, -0.25) is 9.59 Å². The molecule has 0 saturated carbocycles. The summed E-state index contributed by atoms with van der Waals surface area (Å²) in [7, 11) is 3.11. The lowest BCUT2D eigenvalue weighted by Gasteiger charge is -2.07. The quantitative estimate of drug-likeness (QED) is 0.458. The highest BCUT2D eigenvalue weighted by molar-refractivity contribution is 6.33. The number of ether oxygens (including phenoxy) is 4. The third-order valence-electron chi connectivity index (χ3n) is 3.87. The number of hydrogen-bond acceptors (Lipinski definition) is 7. The molecule has 0 heterocycles. The van der Waals surface area contributed by atoms with Crippen LogP contribution in [0.4, 0.5) is 0 Å². The first-order chi connectivity index (χ1) is 13.5. The minimum Gasteiger partial charge on any atom is -0.497 e. The van der Waals surface area contributed by atoms with Crippen LogP contribution in [0.2, 0.25) is 0 Å². The molecule has 0 fully saturated rings. The van der Waals surface area contributed by atoms with Gasteiger partial charge in [0.15, 0.2) is 0 Å². The van der Waals surface area contributed by atoms with Crippen molar-refractivity contribution >= 4 is 17.7 Å². The van der Waals surface area contributed by atoms with Gasteiger partial charge in [0.05, 0.1) is 20.6 Å². The molecule has 148 valence electrons. The van der Waals surface area contributed by atoms with Crippen LogP contribution in [0, 0.1) is 0 Å². The Kier molecular flexibility index (Phi) is 8.02. The fourth-order valence-corrected chi connectivity index (χ4v) is 2.23. The summed E-state index contributed by atoms with van der Waals surface area (Å²) >= 11 is 0. The molecule has 2 aromatic rings. The number of benzene rings is 2. The van der Waals surface area contributed by atoms with E-state index in [9.17, 15) is 14.4 Å². The molecule has 0 atom stereocenters. The number of methoxy groups -OCH3 is 2. The zero-order valence-electron chi connectivity index (χ0n) is 15.8. The van der Waals surface area contributed by atoms with Gasteiger partial charge in [-0.2, -0.15) is 0 Å². The Balaban J connectivity index is 1.67. The smallest absolute Gasteiger partial charge is 0.374 e. The molecule has 0 N–H and O–H groups in total. The van der Waals surface area contributed by atoms with Crippen molar-refractivity contribution in [3.05, 3.63) is 59.7 Å². The topological polar surface area (TPSA) is 88.1 Å². The number of ketones is 1.